The van der Waals surface area contributed by atoms with Crippen LogP contribution in [0.2, 0.25) is 0 Å². The van der Waals surface area contributed by atoms with E-state index in [4.69, 9.17) is 9.47 Å². The Kier molecular flexibility index (Phi) is 5.61. The maximum absolute atomic E-state index is 5.46. The predicted octanol–water partition coefficient (Wildman–Crippen LogP) is 3.78. The van der Waals surface area contributed by atoms with Crippen molar-refractivity contribution in [3.8, 4) is 11.5 Å². The fourth-order valence-electron chi connectivity index (χ4n) is 2.68. The second kappa shape index (κ2) is 7.90. The molecule has 0 fully saturated rings. The molecule has 0 aliphatic carbocycles. The molecule has 0 atom stereocenters. The molecule has 7 nitrogen and oxygen atoms in total. The first-order valence-corrected chi connectivity index (χ1v) is 9.23. The topological polar surface area (TPSA) is 73.6 Å². The van der Waals surface area contributed by atoms with Gasteiger partial charge < -0.3 is 14.8 Å². The smallest absolute Gasteiger partial charge is 0.198 e. The Balaban J connectivity index is 1.93. The van der Waals surface area contributed by atoms with Crippen molar-refractivity contribution in [2.45, 2.75) is 33.2 Å². The number of nitrogens with one attached hydrogen (secondary N) is 1. The van der Waals surface area contributed by atoms with Crippen LogP contribution in [0.15, 0.2) is 22.8 Å². The zero-order valence-corrected chi connectivity index (χ0v) is 16.9. The van der Waals surface area contributed by atoms with Gasteiger partial charge in [-0.05, 0) is 41.4 Å². The summed E-state index contributed by atoms with van der Waals surface area (Å²) in [5.41, 5.74) is 2.64. The minimum Gasteiger partial charge on any atom is -0.497 e. The normalized spacial score (nSPS) is 11.0. The molecular weight excluding hydrogens is 398 g/mol. The van der Waals surface area contributed by atoms with Crippen LogP contribution in [-0.4, -0.2) is 33.8 Å². The minimum absolute atomic E-state index is 0.543. The van der Waals surface area contributed by atoms with Crippen LogP contribution in [0.3, 0.4) is 0 Å². The van der Waals surface area contributed by atoms with Crippen molar-refractivity contribution < 1.29 is 9.47 Å². The summed E-state index contributed by atoms with van der Waals surface area (Å²) in [5.74, 6) is 3.01. The molecule has 0 saturated heterocycles. The molecule has 0 radical (unpaired) electrons. The van der Waals surface area contributed by atoms with Crippen molar-refractivity contribution in [2.75, 3.05) is 19.5 Å². The molecular formula is C18H22BrN5O2. The van der Waals surface area contributed by atoms with E-state index in [2.05, 4.69) is 43.2 Å². The number of halogens is 1. The number of nitrogens with zero attached hydrogens (tertiary/aromatic N) is 4. The predicted molar refractivity (Wildman–Crippen MR) is 104 cm³/mol. The average Bonchev–Trinajstić information content (AvgIpc) is 3.08. The third-order valence-corrected chi connectivity index (χ3v) is 4.85. The molecule has 0 aliphatic rings. The molecule has 0 spiro atoms. The van der Waals surface area contributed by atoms with Gasteiger partial charge in [0.15, 0.2) is 17.3 Å². The number of aryl methyl sites for hydroxylation is 2. The van der Waals surface area contributed by atoms with Crippen LogP contribution >= 0.6 is 15.9 Å². The van der Waals surface area contributed by atoms with Gasteiger partial charge in [-0.1, -0.05) is 6.92 Å². The first kappa shape index (κ1) is 18.4. The summed E-state index contributed by atoms with van der Waals surface area (Å²) in [6.07, 6.45) is 1.83. The number of aromatic nitrogens is 4. The van der Waals surface area contributed by atoms with Crippen molar-refractivity contribution in [2.24, 2.45) is 0 Å². The summed E-state index contributed by atoms with van der Waals surface area (Å²) in [7, 11) is 3.28. The van der Waals surface area contributed by atoms with E-state index in [1.165, 1.54) is 0 Å². The Hall–Kier alpha value is -2.35. The van der Waals surface area contributed by atoms with Gasteiger partial charge in [-0.3, -0.25) is 0 Å². The van der Waals surface area contributed by atoms with Crippen molar-refractivity contribution in [1.82, 2.24) is 19.6 Å². The van der Waals surface area contributed by atoms with Crippen LogP contribution in [0, 0.1) is 6.92 Å². The lowest BCUT2D eigenvalue weighted by molar-refractivity contribution is 0.391. The van der Waals surface area contributed by atoms with Crippen LogP contribution in [0.1, 0.15) is 30.4 Å². The van der Waals surface area contributed by atoms with Gasteiger partial charge in [-0.15, -0.1) is 0 Å². The highest BCUT2D eigenvalue weighted by atomic mass is 79.9. The third-order valence-electron chi connectivity index (χ3n) is 4.10. The molecule has 0 aliphatic heterocycles. The Morgan fingerprint density at radius 1 is 1.19 bits per heavy atom. The molecule has 8 heteroatoms. The van der Waals surface area contributed by atoms with Crippen LogP contribution in [0.25, 0.3) is 5.65 Å². The zero-order valence-electron chi connectivity index (χ0n) is 15.3. The summed E-state index contributed by atoms with van der Waals surface area (Å²) in [4.78, 5) is 9.24. The number of fused-ring (bicyclic) bond motifs is 1. The maximum atomic E-state index is 5.46. The average molecular weight is 420 g/mol. The molecule has 0 amide bonds. The van der Waals surface area contributed by atoms with Crippen molar-refractivity contribution in [1.29, 1.82) is 0 Å². The van der Waals surface area contributed by atoms with Crippen molar-refractivity contribution in [3.63, 3.8) is 0 Å². The first-order chi connectivity index (χ1) is 12.6. The molecule has 26 heavy (non-hydrogen) atoms. The van der Waals surface area contributed by atoms with Gasteiger partial charge in [0.2, 0.25) is 0 Å². The van der Waals surface area contributed by atoms with E-state index < -0.39 is 0 Å². The highest BCUT2D eigenvalue weighted by Crippen LogP contribution is 2.27. The number of methoxy groups -OCH3 is 2. The first-order valence-electron chi connectivity index (χ1n) is 8.43. The molecule has 3 aromatic rings. The molecule has 2 aromatic heterocycles. The zero-order chi connectivity index (χ0) is 18.7. The number of ether oxygens (including phenoxy) is 2. The summed E-state index contributed by atoms with van der Waals surface area (Å²) in [6.45, 7) is 4.62. The number of rotatable bonds is 7. The minimum atomic E-state index is 0.543. The van der Waals surface area contributed by atoms with Crippen molar-refractivity contribution in [3.05, 3.63) is 39.9 Å². The second-order valence-corrected chi connectivity index (χ2v) is 6.63. The Bertz CT molecular complexity index is 926. The molecule has 3 rings (SSSR count). The van der Waals surface area contributed by atoms with Crippen LogP contribution in [0.4, 0.5) is 5.82 Å². The largest absolute Gasteiger partial charge is 0.497 e. The summed E-state index contributed by atoms with van der Waals surface area (Å²) in [6, 6.07) is 5.74. The molecule has 0 unspecified atom stereocenters. The summed E-state index contributed by atoms with van der Waals surface area (Å²) >= 11 is 3.51. The lowest BCUT2D eigenvalue weighted by atomic mass is 10.2. The van der Waals surface area contributed by atoms with Crippen LogP contribution in [-0.2, 0) is 13.0 Å². The SMILES string of the molecule is CCCc1nc2c(NCc3ccc(OC)cc3OC)nc(Br)c(C)n2n1. The highest BCUT2D eigenvalue weighted by Gasteiger charge is 2.15. The molecule has 138 valence electrons. The van der Waals surface area contributed by atoms with Gasteiger partial charge >= 0.3 is 0 Å². The molecule has 0 saturated carbocycles. The van der Waals surface area contributed by atoms with Gasteiger partial charge in [-0.2, -0.15) is 5.10 Å². The summed E-state index contributed by atoms with van der Waals surface area (Å²) < 4.78 is 13.3. The van der Waals surface area contributed by atoms with E-state index in [1.54, 1.807) is 14.2 Å². The highest BCUT2D eigenvalue weighted by molar-refractivity contribution is 9.10. The monoisotopic (exact) mass is 419 g/mol. The Labute approximate surface area is 160 Å². The third kappa shape index (κ3) is 3.60. The fourth-order valence-corrected chi connectivity index (χ4v) is 3.03. The van der Waals surface area contributed by atoms with Gasteiger partial charge in [0.05, 0.1) is 19.9 Å². The van der Waals surface area contributed by atoms with E-state index in [0.717, 1.165) is 51.7 Å². The van der Waals surface area contributed by atoms with Gasteiger partial charge in [-0.25, -0.2) is 14.5 Å². The van der Waals surface area contributed by atoms with Gasteiger partial charge in [0.1, 0.15) is 16.1 Å². The molecule has 1 N–H and O–H groups in total. The Morgan fingerprint density at radius 3 is 2.69 bits per heavy atom. The maximum Gasteiger partial charge on any atom is 0.198 e. The van der Waals surface area contributed by atoms with E-state index in [0.29, 0.717) is 12.4 Å². The van der Waals surface area contributed by atoms with Crippen LogP contribution in [0.5, 0.6) is 11.5 Å². The molecule has 2 heterocycles. The standard InChI is InChI=1S/C18H22BrN5O2/c1-5-6-15-21-18-17(22-16(19)11(2)24(18)23-15)20-10-12-7-8-13(25-3)9-14(12)26-4/h7-9H,5-6,10H2,1-4H3,(H,20,22). The van der Waals surface area contributed by atoms with E-state index in [-0.39, 0.29) is 0 Å². The molecule has 0 bridgehead atoms. The lowest BCUT2D eigenvalue weighted by Gasteiger charge is -2.12. The van der Waals surface area contributed by atoms with Gasteiger partial charge in [0.25, 0.3) is 0 Å². The Morgan fingerprint density at radius 2 is 2.00 bits per heavy atom. The summed E-state index contributed by atoms with van der Waals surface area (Å²) in [5, 5.41) is 7.94. The van der Waals surface area contributed by atoms with Gasteiger partial charge in [0, 0.05) is 24.6 Å². The van der Waals surface area contributed by atoms with E-state index in [9.17, 15) is 0 Å². The van der Waals surface area contributed by atoms with Crippen LogP contribution < -0.4 is 14.8 Å². The number of benzene rings is 1. The number of anilines is 1. The second-order valence-electron chi connectivity index (χ2n) is 5.88. The van der Waals surface area contributed by atoms with E-state index in [1.807, 2.05) is 29.6 Å². The lowest BCUT2D eigenvalue weighted by Crippen LogP contribution is -2.08. The number of hydrogen-bond acceptors (Lipinski definition) is 6. The molecule has 1 aromatic carbocycles. The number of hydrogen-bond donors (Lipinski definition) is 1. The van der Waals surface area contributed by atoms with Crippen molar-refractivity contribution >= 4 is 27.4 Å². The fraction of sp³-hybridized carbons (Fsp3) is 0.389. The van der Waals surface area contributed by atoms with E-state index >= 15 is 0 Å². The quantitative estimate of drug-likeness (QED) is 0.627.